The normalized spacial score (nSPS) is 43.4. The summed E-state index contributed by atoms with van der Waals surface area (Å²) in [6, 6.07) is 1.46. The number of rotatable bonds is 2. The van der Waals surface area contributed by atoms with Crippen molar-refractivity contribution in [1.82, 2.24) is 10.2 Å². The third-order valence-corrected chi connectivity index (χ3v) is 3.82. The molecule has 2 heterocycles. The summed E-state index contributed by atoms with van der Waals surface area (Å²) >= 11 is 0. The monoisotopic (exact) mass is 212 g/mol. The molecule has 2 aliphatic rings. The maximum absolute atomic E-state index is 5.79. The lowest BCUT2D eigenvalue weighted by molar-refractivity contribution is -0.0619. The fourth-order valence-corrected chi connectivity index (χ4v) is 3.02. The van der Waals surface area contributed by atoms with Crippen LogP contribution < -0.4 is 5.32 Å². The van der Waals surface area contributed by atoms with Crippen LogP contribution in [-0.2, 0) is 4.74 Å². The highest BCUT2D eigenvalue weighted by atomic mass is 16.5. The lowest BCUT2D eigenvalue weighted by Gasteiger charge is -2.37. The topological polar surface area (TPSA) is 24.5 Å². The zero-order chi connectivity index (χ0) is 10.8. The molecular weight excluding hydrogens is 188 g/mol. The third kappa shape index (κ3) is 2.71. The highest BCUT2D eigenvalue weighted by molar-refractivity contribution is 4.88. The number of likely N-dealkylation sites (N-methyl/N-ethyl adjacent to an activating group) is 1. The van der Waals surface area contributed by atoms with Gasteiger partial charge in [0.25, 0.3) is 0 Å². The van der Waals surface area contributed by atoms with Crippen LogP contribution in [0.15, 0.2) is 0 Å². The van der Waals surface area contributed by atoms with Crippen molar-refractivity contribution >= 4 is 0 Å². The van der Waals surface area contributed by atoms with E-state index in [0.717, 1.165) is 6.04 Å². The molecule has 3 heteroatoms. The summed E-state index contributed by atoms with van der Waals surface area (Å²) in [6.45, 7) is 6.89. The first kappa shape index (κ1) is 11.4. The molecule has 0 aliphatic carbocycles. The second-order valence-electron chi connectivity index (χ2n) is 5.15. The first-order chi connectivity index (χ1) is 7.19. The van der Waals surface area contributed by atoms with Crippen LogP contribution in [0.4, 0.5) is 0 Å². The van der Waals surface area contributed by atoms with Gasteiger partial charge >= 0.3 is 0 Å². The van der Waals surface area contributed by atoms with E-state index in [1.165, 1.54) is 32.4 Å². The van der Waals surface area contributed by atoms with E-state index in [9.17, 15) is 0 Å². The van der Waals surface area contributed by atoms with Gasteiger partial charge in [-0.3, -0.25) is 4.90 Å². The number of hydrogen-bond acceptors (Lipinski definition) is 3. The minimum Gasteiger partial charge on any atom is -0.375 e. The molecule has 3 unspecified atom stereocenters. The largest absolute Gasteiger partial charge is 0.375 e. The van der Waals surface area contributed by atoms with E-state index in [-0.39, 0.29) is 0 Å². The van der Waals surface area contributed by atoms with Gasteiger partial charge in [-0.1, -0.05) is 0 Å². The summed E-state index contributed by atoms with van der Waals surface area (Å²) < 4.78 is 5.79. The van der Waals surface area contributed by atoms with Crippen LogP contribution in [-0.4, -0.2) is 49.3 Å². The Labute approximate surface area is 93.2 Å². The second kappa shape index (κ2) is 4.81. The fraction of sp³-hybridized carbons (Fsp3) is 1.00. The van der Waals surface area contributed by atoms with Gasteiger partial charge < -0.3 is 10.1 Å². The van der Waals surface area contributed by atoms with Gasteiger partial charge in [-0.05, 0) is 40.2 Å². The molecule has 0 bridgehead atoms. The summed E-state index contributed by atoms with van der Waals surface area (Å²) in [5.41, 5.74) is 0. The summed E-state index contributed by atoms with van der Waals surface area (Å²) in [5, 5.41) is 3.38. The molecule has 1 N–H and O–H groups in total. The Morgan fingerprint density at radius 3 is 2.40 bits per heavy atom. The van der Waals surface area contributed by atoms with Crippen LogP contribution in [0.2, 0.25) is 0 Å². The molecule has 3 nitrogen and oxygen atoms in total. The maximum atomic E-state index is 5.79. The molecule has 2 aliphatic heterocycles. The first-order valence-corrected chi connectivity index (χ1v) is 6.25. The first-order valence-electron chi connectivity index (χ1n) is 6.25. The smallest absolute Gasteiger partial charge is 0.0565 e. The number of nitrogens with zero attached hydrogens (tertiary/aromatic N) is 1. The Morgan fingerprint density at radius 1 is 1.20 bits per heavy atom. The number of hydrogen-bond donors (Lipinski definition) is 1. The molecule has 0 aromatic carbocycles. The van der Waals surface area contributed by atoms with Crippen molar-refractivity contribution in [3.63, 3.8) is 0 Å². The molecule has 0 radical (unpaired) electrons. The zero-order valence-electron chi connectivity index (χ0n) is 10.2. The van der Waals surface area contributed by atoms with E-state index in [1.54, 1.807) is 0 Å². The Morgan fingerprint density at radius 2 is 1.87 bits per heavy atom. The molecule has 0 spiro atoms. The molecule has 2 saturated heterocycles. The van der Waals surface area contributed by atoms with Crippen molar-refractivity contribution in [2.24, 2.45) is 0 Å². The van der Waals surface area contributed by atoms with E-state index in [2.05, 4.69) is 31.1 Å². The van der Waals surface area contributed by atoms with Crippen molar-refractivity contribution in [2.75, 3.05) is 20.1 Å². The number of nitrogens with one attached hydrogen (secondary N) is 1. The van der Waals surface area contributed by atoms with E-state index in [0.29, 0.717) is 18.2 Å². The molecule has 88 valence electrons. The minimum absolute atomic E-state index is 0.437. The van der Waals surface area contributed by atoms with Gasteiger partial charge in [0.1, 0.15) is 0 Å². The molecule has 0 saturated carbocycles. The van der Waals surface area contributed by atoms with Gasteiger partial charge in [-0.2, -0.15) is 0 Å². The Hall–Kier alpha value is -0.120. The fourth-order valence-electron chi connectivity index (χ4n) is 3.02. The van der Waals surface area contributed by atoms with Crippen molar-refractivity contribution in [1.29, 1.82) is 0 Å². The van der Waals surface area contributed by atoms with E-state index >= 15 is 0 Å². The second-order valence-corrected chi connectivity index (χ2v) is 5.15. The van der Waals surface area contributed by atoms with Gasteiger partial charge in [-0.15, -0.1) is 0 Å². The molecule has 15 heavy (non-hydrogen) atoms. The average Bonchev–Trinajstić information content (AvgIpc) is 2.64. The van der Waals surface area contributed by atoms with Gasteiger partial charge in [-0.25, -0.2) is 0 Å². The van der Waals surface area contributed by atoms with Crippen molar-refractivity contribution < 1.29 is 4.74 Å². The van der Waals surface area contributed by atoms with E-state index in [4.69, 9.17) is 4.74 Å². The third-order valence-electron chi connectivity index (χ3n) is 3.82. The predicted molar refractivity (Wildman–Crippen MR) is 62.1 cm³/mol. The lowest BCUT2D eigenvalue weighted by Crippen LogP contribution is -2.44. The predicted octanol–water partition coefficient (Wildman–Crippen LogP) is 1.24. The Kier molecular flexibility index (Phi) is 3.65. The average molecular weight is 212 g/mol. The molecule has 0 amide bonds. The molecule has 2 fully saturated rings. The van der Waals surface area contributed by atoms with Crippen molar-refractivity contribution in [2.45, 2.75) is 57.4 Å². The highest BCUT2D eigenvalue weighted by Crippen LogP contribution is 2.26. The summed E-state index contributed by atoms with van der Waals surface area (Å²) in [5.74, 6) is 0. The van der Waals surface area contributed by atoms with Crippen molar-refractivity contribution in [3.05, 3.63) is 0 Å². The maximum Gasteiger partial charge on any atom is 0.0565 e. The van der Waals surface area contributed by atoms with Gasteiger partial charge in [0, 0.05) is 25.2 Å². The zero-order valence-corrected chi connectivity index (χ0v) is 10.2. The van der Waals surface area contributed by atoms with Crippen LogP contribution in [0.3, 0.4) is 0 Å². The van der Waals surface area contributed by atoms with Crippen LogP contribution in [0.1, 0.15) is 33.1 Å². The molecule has 0 aromatic rings. The van der Waals surface area contributed by atoms with Gasteiger partial charge in [0.2, 0.25) is 0 Å². The van der Waals surface area contributed by atoms with Gasteiger partial charge in [0.15, 0.2) is 0 Å². The molecule has 0 aromatic heterocycles. The molecule has 3 atom stereocenters. The highest BCUT2D eigenvalue weighted by Gasteiger charge is 2.32. The lowest BCUT2D eigenvalue weighted by atomic mass is 9.98. The Balaban J connectivity index is 1.88. The van der Waals surface area contributed by atoms with Crippen LogP contribution in [0, 0.1) is 0 Å². The van der Waals surface area contributed by atoms with E-state index < -0.39 is 0 Å². The van der Waals surface area contributed by atoms with E-state index in [1.807, 2.05) is 0 Å². The number of likely N-dealkylation sites (tertiary alicyclic amines) is 1. The number of ether oxygens (including phenoxy) is 1. The van der Waals surface area contributed by atoms with Crippen LogP contribution in [0.5, 0.6) is 0 Å². The van der Waals surface area contributed by atoms with Gasteiger partial charge in [0.05, 0.1) is 12.2 Å². The standard InChI is InChI=1S/C12H24N2O/c1-9-6-12(7-10(2)15-9)14-5-4-11(8-14)13-3/h9-13H,4-8H2,1-3H3. The minimum atomic E-state index is 0.437. The molecular formula is C12H24N2O. The SMILES string of the molecule is CNC1CCN(C2CC(C)OC(C)C2)C1. The van der Waals surface area contributed by atoms with Crippen molar-refractivity contribution in [3.8, 4) is 0 Å². The molecule has 2 rings (SSSR count). The Bertz CT molecular complexity index is 200. The quantitative estimate of drug-likeness (QED) is 0.745. The summed E-state index contributed by atoms with van der Waals surface area (Å²) in [6.07, 6.45) is 4.60. The van der Waals surface area contributed by atoms with Crippen LogP contribution in [0.25, 0.3) is 0 Å². The van der Waals surface area contributed by atoms with Crippen LogP contribution >= 0.6 is 0 Å². The summed E-state index contributed by atoms with van der Waals surface area (Å²) in [7, 11) is 2.07. The summed E-state index contributed by atoms with van der Waals surface area (Å²) in [4.78, 5) is 2.65.